The molecule has 0 atom stereocenters. The van der Waals surface area contributed by atoms with E-state index in [-0.39, 0.29) is 0 Å². The van der Waals surface area contributed by atoms with Crippen molar-refractivity contribution in [3.8, 4) is 11.4 Å². The van der Waals surface area contributed by atoms with Gasteiger partial charge in [-0.05, 0) is 43.7 Å². The quantitative estimate of drug-likeness (QED) is 0.928. The van der Waals surface area contributed by atoms with Gasteiger partial charge in [-0.1, -0.05) is 19.1 Å². The molecule has 0 amide bonds. The van der Waals surface area contributed by atoms with Gasteiger partial charge in [0, 0.05) is 24.3 Å². The second-order valence-corrected chi connectivity index (χ2v) is 5.95. The molecule has 1 heterocycles. The molecule has 0 aliphatic heterocycles. The van der Waals surface area contributed by atoms with Gasteiger partial charge in [0.25, 0.3) is 0 Å². The summed E-state index contributed by atoms with van der Waals surface area (Å²) in [5, 5.41) is 11.8. The Kier molecular flexibility index (Phi) is 3.72. The van der Waals surface area contributed by atoms with Crippen LogP contribution in [0.1, 0.15) is 32.6 Å². The van der Waals surface area contributed by atoms with Gasteiger partial charge in [-0.2, -0.15) is 0 Å². The van der Waals surface area contributed by atoms with Gasteiger partial charge < -0.3 is 9.88 Å². The Morgan fingerprint density at radius 2 is 2.00 bits per heavy atom. The van der Waals surface area contributed by atoms with E-state index in [2.05, 4.69) is 46.7 Å². The van der Waals surface area contributed by atoms with Crippen LogP contribution in [0.2, 0.25) is 0 Å². The van der Waals surface area contributed by atoms with Crippen molar-refractivity contribution >= 4 is 5.69 Å². The van der Waals surface area contributed by atoms with E-state index >= 15 is 0 Å². The van der Waals surface area contributed by atoms with E-state index in [0.29, 0.717) is 6.04 Å². The molecule has 20 heavy (non-hydrogen) atoms. The van der Waals surface area contributed by atoms with Gasteiger partial charge in [0.1, 0.15) is 6.33 Å². The molecule has 1 N–H and O–H groups in total. The van der Waals surface area contributed by atoms with Gasteiger partial charge in [-0.3, -0.25) is 0 Å². The molecular formula is C16H22N4. The molecule has 4 heteroatoms. The minimum absolute atomic E-state index is 0.612. The first kappa shape index (κ1) is 13.2. The standard InChI is InChI=1S/C16H22N4/c1-12-6-8-14(9-7-12)18-15-5-3-4-13(10-15)16-19-17-11-20(16)2/h3-5,10-12,14,18H,6-9H2,1-2H3. The molecule has 1 aliphatic rings. The second-order valence-electron chi connectivity index (χ2n) is 5.95. The topological polar surface area (TPSA) is 42.7 Å². The molecule has 0 unspecified atom stereocenters. The zero-order valence-electron chi connectivity index (χ0n) is 12.2. The van der Waals surface area contributed by atoms with Gasteiger partial charge in [-0.15, -0.1) is 10.2 Å². The molecule has 1 fully saturated rings. The lowest BCUT2D eigenvalue weighted by molar-refractivity contribution is 0.361. The van der Waals surface area contributed by atoms with Crippen LogP contribution in [0.3, 0.4) is 0 Å². The van der Waals surface area contributed by atoms with Gasteiger partial charge >= 0.3 is 0 Å². The van der Waals surface area contributed by atoms with Gasteiger partial charge in [0.05, 0.1) is 0 Å². The van der Waals surface area contributed by atoms with Crippen molar-refractivity contribution in [2.24, 2.45) is 13.0 Å². The number of benzene rings is 1. The van der Waals surface area contributed by atoms with Crippen LogP contribution in [-0.4, -0.2) is 20.8 Å². The number of nitrogens with zero attached hydrogens (tertiary/aromatic N) is 3. The van der Waals surface area contributed by atoms with Crippen molar-refractivity contribution in [3.63, 3.8) is 0 Å². The highest BCUT2D eigenvalue weighted by atomic mass is 15.2. The normalized spacial score (nSPS) is 22.7. The van der Waals surface area contributed by atoms with Crippen molar-refractivity contribution in [1.82, 2.24) is 14.8 Å². The van der Waals surface area contributed by atoms with Crippen LogP contribution in [-0.2, 0) is 7.05 Å². The number of aromatic nitrogens is 3. The van der Waals surface area contributed by atoms with Crippen LogP contribution in [0.25, 0.3) is 11.4 Å². The van der Waals surface area contributed by atoms with Crippen molar-refractivity contribution in [2.45, 2.75) is 38.6 Å². The number of hydrogen-bond acceptors (Lipinski definition) is 3. The summed E-state index contributed by atoms with van der Waals surface area (Å²) < 4.78 is 1.95. The number of hydrogen-bond donors (Lipinski definition) is 1. The van der Waals surface area contributed by atoms with Gasteiger partial charge in [-0.25, -0.2) is 0 Å². The highest BCUT2D eigenvalue weighted by Gasteiger charge is 2.18. The molecule has 3 rings (SSSR count). The minimum Gasteiger partial charge on any atom is -0.382 e. The maximum Gasteiger partial charge on any atom is 0.163 e. The lowest BCUT2D eigenvalue weighted by Crippen LogP contribution is -2.25. The van der Waals surface area contributed by atoms with Crippen LogP contribution in [0.4, 0.5) is 5.69 Å². The van der Waals surface area contributed by atoms with E-state index < -0.39 is 0 Å². The monoisotopic (exact) mass is 270 g/mol. The summed E-state index contributed by atoms with van der Waals surface area (Å²) in [4.78, 5) is 0. The number of nitrogens with one attached hydrogen (secondary N) is 1. The van der Waals surface area contributed by atoms with E-state index in [1.54, 1.807) is 6.33 Å². The van der Waals surface area contributed by atoms with Crippen molar-refractivity contribution in [2.75, 3.05) is 5.32 Å². The molecule has 2 aromatic rings. The Balaban J connectivity index is 1.73. The lowest BCUT2D eigenvalue weighted by atomic mass is 9.87. The molecule has 0 saturated heterocycles. The fourth-order valence-electron chi connectivity index (χ4n) is 2.93. The summed E-state index contributed by atoms with van der Waals surface area (Å²) in [6.07, 6.45) is 6.95. The van der Waals surface area contributed by atoms with Crippen molar-refractivity contribution in [1.29, 1.82) is 0 Å². The first-order chi connectivity index (χ1) is 9.72. The molecule has 1 aromatic carbocycles. The summed E-state index contributed by atoms with van der Waals surface area (Å²) in [5.74, 6) is 1.80. The first-order valence-electron chi connectivity index (χ1n) is 7.43. The molecule has 1 aliphatic carbocycles. The number of rotatable bonds is 3. The molecule has 0 bridgehead atoms. The zero-order valence-corrected chi connectivity index (χ0v) is 12.2. The van der Waals surface area contributed by atoms with Crippen LogP contribution in [0.15, 0.2) is 30.6 Å². The number of aryl methyl sites for hydroxylation is 1. The number of anilines is 1. The van der Waals surface area contributed by atoms with Crippen LogP contribution in [0, 0.1) is 5.92 Å². The summed E-state index contributed by atoms with van der Waals surface area (Å²) >= 11 is 0. The minimum atomic E-state index is 0.612. The predicted octanol–water partition coefficient (Wildman–Crippen LogP) is 3.47. The molecule has 1 saturated carbocycles. The van der Waals surface area contributed by atoms with Crippen molar-refractivity contribution in [3.05, 3.63) is 30.6 Å². The molecule has 106 valence electrons. The van der Waals surface area contributed by atoms with E-state index in [4.69, 9.17) is 0 Å². The van der Waals surface area contributed by atoms with E-state index in [0.717, 1.165) is 17.3 Å². The second kappa shape index (κ2) is 5.65. The van der Waals surface area contributed by atoms with Gasteiger partial charge in [0.2, 0.25) is 0 Å². The lowest BCUT2D eigenvalue weighted by Gasteiger charge is -2.27. The Morgan fingerprint density at radius 3 is 2.70 bits per heavy atom. The molecule has 4 nitrogen and oxygen atoms in total. The maximum atomic E-state index is 4.17. The molecule has 0 radical (unpaired) electrons. The van der Waals surface area contributed by atoms with Crippen LogP contribution >= 0.6 is 0 Å². The molecule has 1 aromatic heterocycles. The first-order valence-corrected chi connectivity index (χ1v) is 7.43. The highest BCUT2D eigenvalue weighted by Crippen LogP contribution is 2.27. The third-order valence-electron chi connectivity index (χ3n) is 4.22. The van der Waals surface area contributed by atoms with E-state index in [9.17, 15) is 0 Å². The smallest absolute Gasteiger partial charge is 0.163 e. The summed E-state index contributed by atoms with van der Waals surface area (Å²) in [6.45, 7) is 2.35. The maximum absolute atomic E-state index is 4.17. The molecular weight excluding hydrogens is 248 g/mol. The average Bonchev–Trinajstić information content (AvgIpc) is 2.88. The van der Waals surface area contributed by atoms with Crippen LogP contribution in [0.5, 0.6) is 0 Å². The highest BCUT2D eigenvalue weighted by molar-refractivity contribution is 5.62. The summed E-state index contributed by atoms with van der Waals surface area (Å²) in [6, 6.07) is 9.08. The summed E-state index contributed by atoms with van der Waals surface area (Å²) in [7, 11) is 1.97. The summed E-state index contributed by atoms with van der Waals surface area (Å²) in [5.41, 5.74) is 2.30. The average molecular weight is 270 g/mol. The Hall–Kier alpha value is -1.84. The fourth-order valence-corrected chi connectivity index (χ4v) is 2.93. The third-order valence-corrected chi connectivity index (χ3v) is 4.22. The van der Waals surface area contributed by atoms with Crippen LogP contribution < -0.4 is 5.32 Å². The zero-order chi connectivity index (χ0) is 13.9. The Labute approximate surface area is 120 Å². The van der Waals surface area contributed by atoms with Gasteiger partial charge in [0.15, 0.2) is 5.82 Å². The third kappa shape index (κ3) is 2.84. The molecule has 0 spiro atoms. The van der Waals surface area contributed by atoms with E-state index in [1.807, 2.05) is 11.6 Å². The predicted molar refractivity (Wildman–Crippen MR) is 81.5 cm³/mol. The Bertz CT molecular complexity index is 567. The van der Waals surface area contributed by atoms with Crippen molar-refractivity contribution < 1.29 is 0 Å². The fraction of sp³-hybridized carbons (Fsp3) is 0.500. The SMILES string of the molecule is CC1CCC(Nc2cccc(-c3nncn3C)c2)CC1. The van der Waals surface area contributed by atoms with E-state index in [1.165, 1.54) is 31.4 Å². The Morgan fingerprint density at radius 1 is 1.20 bits per heavy atom. The largest absolute Gasteiger partial charge is 0.382 e.